The molecule has 0 aromatic rings. The molecule has 3 fully saturated rings. The van der Waals surface area contributed by atoms with Gasteiger partial charge in [0.1, 0.15) is 0 Å². The summed E-state index contributed by atoms with van der Waals surface area (Å²) in [5, 5.41) is 0. The lowest BCUT2D eigenvalue weighted by molar-refractivity contribution is 0.162. The number of hydrogen-bond acceptors (Lipinski definition) is 1. The molecule has 2 bridgehead atoms. The number of fused-ring (bicyclic) bond motifs is 5. The molecule has 0 spiro atoms. The van der Waals surface area contributed by atoms with Gasteiger partial charge in [0.25, 0.3) is 0 Å². The lowest BCUT2D eigenvalue weighted by atomic mass is 9.89. The van der Waals surface area contributed by atoms with E-state index in [1.54, 1.807) is 0 Å². The van der Waals surface area contributed by atoms with Gasteiger partial charge in [-0.05, 0) is 37.5 Å². The Balaban J connectivity index is 2.03. The van der Waals surface area contributed by atoms with Gasteiger partial charge in [-0.1, -0.05) is 6.92 Å². The monoisotopic (exact) mass is 138 g/mol. The van der Waals surface area contributed by atoms with Gasteiger partial charge < -0.3 is 4.74 Å². The molecule has 0 aromatic carbocycles. The van der Waals surface area contributed by atoms with E-state index in [1.165, 1.54) is 12.8 Å². The highest BCUT2D eigenvalue weighted by atomic mass is 16.6. The summed E-state index contributed by atoms with van der Waals surface area (Å²) in [5.74, 6) is 2.79. The highest BCUT2D eigenvalue weighted by molar-refractivity contribution is 5.19. The maximum atomic E-state index is 5.70. The van der Waals surface area contributed by atoms with Crippen molar-refractivity contribution in [1.82, 2.24) is 0 Å². The van der Waals surface area contributed by atoms with Gasteiger partial charge in [0, 0.05) is 0 Å². The van der Waals surface area contributed by atoms with Gasteiger partial charge in [-0.15, -0.1) is 0 Å². The van der Waals surface area contributed by atoms with Crippen LogP contribution in [0, 0.1) is 17.8 Å². The second-order valence-corrected chi connectivity index (χ2v) is 4.43. The highest BCUT2D eigenvalue weighted by Gasteiger charge is 2.71. The molecule has 0 radical (unpaired) electrons. The second-order valence-electron chi connectivity index (χ2n) is 4.43. The van der Waals surface area contributed by atoms with E-state index in [0.29, 0.717) is 11.7 Å². The predicted octanol–water partition coefficient (Wildman–Crippen LogP) is 1.82. The molecule has 2 aliphatic carbocycles. The molecule has 0 N–H and O–H groups in total. The minimum atomic E-state index is 0.350. The van der Waals surface area contributed by atoms with Crippen LogP contribution in [0.25, 0.3) is 0 Å². The molecule has 1 heterocycles. The fourth-order valence-electron chi connectivity index (χ4n) is 3.48. The zero-order valence-corrected chi connectivity index (χ0v) is 6.63. The molecule has 56 valence electrons. The van der Waals surface area contributed by atoms with Crippen LogP contribution >= 0.6 is 0 Å². The Morgan fingerprint density at radius 2 is 2.20 bits per heavy atom. The summed E-state index contributed by atoms with van der Waals surface area (Å²) in [6, 6.07) is 0. The van der Waals surface area contributed by atoms with E-state index in [1.807, 2.05) is 0 Å². The van der Waals surface area contributed by atoms with Crippen molar-refractivity contribution >= 4 is 0 Å². The Labute approximate surface area is 61.8 Å². The van der Waals surface area contributed by atoms with Crippen LogP contribution in [0.15, 0.2) is 0 Å². The van der Waals surface area contributed by atoms with Crippen molar-refractivity contribution < 1.29 is 4.74 Å². The van der Waals surface area contributed by atoms with Crippen molar-refractivity contribution in [2.45, 2.75) is 38.4 Å². The molecule has 3 rings (SSSR count). The van der Waals surface area contributed by atoms with Crippen LogP contribution < -0.4 is 0 Å². The molecule has 0 amide bonds. The van der Waals surface area contributed by atoms with Crippen molar-refractivity contribution in [2.24, 2.45) is 17.8 Å². The third-order valence-corrected chi connectivity index (χ3v) is 4.13. The van der Waals surface area contributed by atoms with Gasteiger partial charge in [0.2, 0.25) is 0 Å². The van der Waals surface area contributed by atoms with Crippen LogP contribution in [0.4, 0.5) is 0 Å². The Morgan fingerprint density at radius 1 is 1.40 bits per heavy atom. The van der Waals surface area contributed by atoms with Gasteiger partial charge in [0.05, 0.1) is 11.7 Å². The minimum absolute atomic E-state index is 0.350. The molecule has 1 heteroatoms. The van der Waals surface area contributed by atoms with Crippen molar-refractivity contribution in [2.75, 3.05) is 0 Å². The molecule has 3 aliphatic rings. The first-order valence-corrected chi connectivity index (χ1v) is 4.41. The Kier molecular flexibility index (Phi) is 0.722. The minimum Gasteiger partial charge on any atom is -0.366 e. The van der Waals surface area contributed by atoms with Gasteiger partial charge >= 0.3 is 0 Å². The smallest absolute Gasteiger partial charge is 0.0954 e. The summed E-state index contributed by atoms with van der Waals surface area (Å²) in [7, 11) is 0. The summed E-state index contributed by atoms with van der Waals surface area (Å²) in [6.45, 7) is 4.71. The lowest BCUT2D eigenvalue weighted by Crippen LogP contribution is -2.19. The van der Waals surface area contributed by atoms with Crippen LogP contribution in [0.2, 0.25) is 0 Å². The van der Waals surface area contributed by atoms with Gasteiger partial charge in [-0.3, -0.25) is 0 Å². The molecule has 1 saturated heterocycles. The van der Waals surface area contributed by atoms with Crippen LogP contribution in [0.3, 0.4) is 0 Å². The average Bonchev–Trinajstić information content (AvgIpc) is 2.39. The molecule has 10 heavy (non-hydrogen) atoms. The second kappa shape index (κ2) is 1.29. The Morgan fingerprint density at radius 3 is 2.60 bits per heavy atom. The third kappa shape index (κ3) is 0.378. The zero-order valence-electron chi connectivity index (χ0n) is 6.63. The Hall–Kier alpha value is -0.0400. The fraction of sp³-hybridized carbons (Fsp3) is 1.00. The predicted molar refractivity (Wildman–Crippen MR) is 38.7 cm³/mol. The van der Waals surface area contributed by atoms with Crippen LogP contribution in [0.5, 0.6) is 0 Å². The maximum Gasteiger partial charge on any atom is 0.0954 e. The van der Waals surface area contributed by atoms with Crippen molar-refractivity contribution in [3.05, 3.63) is 0 Å². The first-order chi connectivity index (χ1) is 4.73. The Bertz CT molecular complexity index is 187. The number of ether oxygens (including phenoxy) is 1. The van der Waals surface area contributed by atoms with Crippen molar-refractivity contribution in [1.29, 1.82) is 0 Å². The standard InChI is InChI=1S/C9H14O/c1-5-6-3-4-7(5)9(2)8(6)10-9/h5-8H,3-4H2,1-2H3. The molecule has 1 aliphatic heterocycles. The van der Waals surface area contributed by atoms with Gasteiger partial charge in [0.15, 0.2) is 0 Å². The first-order valence-electron chi connectivity index (χ1n) is 4.41. The quantitative estimate of drug-likeness (QED) is 0.465. The van der Waals surface area contributed by atoms with E-state index in [2.05, 4.69) is 13.8 Å². The van der Waals surface area contributed by atoms with E-state index in [4.69, 9.17) is 4.74 Å². The van der Waals surface area contributed by atoms with Gasteiger partial charge in [-0.25, -0.2) is 0 Å². The van der Waals surface area contributed by atoms with E-state index >= 15 is 0 Å². The lowest BCUT2D eigenvalue weighted by Gasteiger charge is -2.15. The molecule has 0 aromatic heterocycles. The zero-order chi connectivity index (χ0) is 6.93. The molecule has 5 unspecified atom stereocenters. The summed E-state index contributed by atoms with van der Waals surface area (Å²) in [4.78, 5) is 0. The van der Waals surface area contributed by atoms with E-state index in [9.17, 15) is 0 Å². The maximum absolute atomic E-state index is 5.70. The SMILES string of the molecule is CC1C2CCC1C1(C)OC21. The highest BCUT2D eigenvalue weighted by Crippen LogP contribution is 2.66. The summed E-state index contributed by atoms with van der Waals surface area (Å²) in [6.07, 6.45) is 3.53. The number of rotatable bonds is 0. The van der Waals surface area contributed by atoms with Crippen LogP contribution in [-0.2, 0) is 4.74 Å². The number of epoxide rings is 1. The van der Waals surface area contributed by atoms with Gasteiger partial charge in [-0.2, -0.15) is 0 Å². The summed E-state index contributed by atoms with van der Waals surface area (Å²) < 4.78 is 5.70. The fourth-order valence-corrected chi connectivity index (χ4v) is 3.48. The largest absolute Gasteiger partial charge is 0.366 e. The van der Waals surface area contributed by atoms with E-state index < -0.39 is 0 Å². The van der Waals surface area contributed by atoms with E-state index in [-0.39, 0.29) is 0 Å². The molecule has 5 atom stereocenters. The van der Waals surface area contributed by atoms with Crippen molar-refractivity contribution in [3.8, 4) is 0 Å². The third-order valence-electron chi connectivity index (χ3n) is 4.13. The molecular weight excluding hydrogens is 124 g/mol. The van der Waals surface area contributed by atoms with Crippen LogP contribution in [0.1, 0.15) is 26.7 Å². The average molecular weight is 138 g/mol. The topological polar surface area (TPSA) is 12.5 Å². The summed E-state index contributed by atoms with van der Waals surface area (Å²) >= 11 is 0. The normalized spacial score (nSPS) is 70.2. The van der Waals surface area contributed by atoms with Crippen molar-refractivity contribution in [3.63, 3.8) is 0 Å². The first kappa shape index (κ1) is 5.59. The molecular formula is C9H14O. The van der Waals surface area contributed by atoms with E-state index in [0.717, 1.165) is 17.8 Å². The van der Waals surface area contributed by atoms with Crippen LogP contribution in [-0.4, -0.2) is 11.7 Å². The molecule has 2 saturated carbocycles. The summed E-state index contributed by atoms with van der Waals surface area (Å²) in [5.41, 5.74) is 0.350. The molecule has 1 nitrogen and oxygen atoms in total. The number of hydrogen-bond donors (Lipinski definition) is 0.